The van der Waals surface area contributed by atoms with Crippen molar-refractivity contribution in [2.75, 3.05) is 18.9 Å². The molecule has 0 heterocycles. The van der Waals surface area contributed by atoms with Gasteiger partial charge in [-0.2, -0.15) is 0 Å². The van der Waals surface area contributed by atoms with Gasteiger partial charge in [0.05, 0.1) is 5.69 Å². The molecule has 0 fully saturated rings. The molecular formula is C17H21NO2. The second kappa shape index (κ2) is 6.85. The Kier molecular flexibility index (Phi) is 4.88. The Bertz CT molecular complexity index is 538. The molecule has 0 bridgehead atoms. The molecule has 2 aromatic rings. The predicted octanol–water partition coefficient (Wildman–Crippen LogP) is 3.85. The summed E-state index contributed by atoms with van der Waals surface area (Å²) in [7, 11) is 0. The van der Waals surface area contributed by atoms with E-state index < -0.39 is 0 Å². The number of anilines is 1. The van der Waals surface area contributed by atoms with Gasteiger partial charge in [-0.15, -0.1) is 0 Å². The van der Waals surface area contributed by atoms with Gasteiger partial charge in [0.2, 0.25) is 0 Å². The minimum Gasteiger partial charge on any atom is -0.490 e. The van der Waals surface area contributed by atoms with Gasteiger partial charge in [0.1, 0.15) is 24.7 Å². The summed E-state index contributed by atoms with van der Waals surface area (Å²) in [6.07, 6.45) is 0. The van der Waals surface area contributed by atoms with Crippen LogP contribution in [0.4, 0.5) is 5.69 Å². The Morgan fingerprint density at radius 3 is 2.30 bits per heavy atom. The molecule has 0 unspecified atom stereocenters. The molecule has 0 aliphatic rings. The van der Waals surface area contributed by atoms with Gasteiger partial charge in [-0.05, 0) is 35.7 Å². The fourth-order valence-corrected chi connectivity index (χ4v) is 1.89. The van der Waals surface area contributed by atoms with E-state index in [9.17, 15) is 0 Å². The zero-order valence-corrected chi connectivity index (χ0v) is 12.0. The van der Waals surface area contributed by atoms with E-state index in [4.69, 9.17) is 15.2 Å². The molecule has 0 aliphatic carbocycles. The minimum absolute atomic E-state index is 0.466. The molecule has 3 nitrogen and oxygen atoms in total. The summed E-state index contributed by atoms with van der Waals surface area (Å²) in [5, 5.41) is 0. The van der Waals surface area contributed by atoms with Crippen molar-refractivity contribution in [1.82, 2.24) is 0 Å². The number of nitrogen functional groups attached to an aromatic ring is 1. The van der Waals surface area contributed by atoms with Crippen molar-refractivity contribution in [3.8, 4) is 11.5 Å². The number of hydrogen-bond donors (Lipinski definition) is 1. The van der Waals surface area contributed by atoms with Crippen molar-refractivity contribution in [2.24, 2.45) is 0 Å². The van der Waals surface area contributed by atoms with Gasteiger partial charge in [0.25, 0.3) is 0 Å². The molecule has 2 aromatic carbocycles. The van der Waals surface area contributed by atoms with E-state index >= 15 is 0 Å². The standard InChI is InChI=1S/C17H21NO2/c1-13(2)14-8-9-17(16(18)12-14)20-11-10-19-15-6-4-3-5-7-15/h3-9,12-13H,10-11,18H2,1-2H3. The third-order valence-corrected chi connectivity index (χ3v) is 3.05. The second-order valence-electron chi connectivity index (χ2n) is 4.96. The van der Waals surface area contributed by atoms with Crippen LogP contribution in [0.25, 0.3) is 0 Å². The quantitative estimate of drug-likeness (QED) is 0.641. The van der Waals surface area contributed by atoms with Gasteiger partial charge in [-0.3, -0.25) is 0 Å². The number of nitrogens with two attached hydrogens (primary N) is 1. The third kappa shape index (κ3) is 3.92. The highest BCUT2D eigenvalue weighted by Crippen LogP contribution is 2.26. The van der Waals surface area contributed by atoms with Crippen LogP contribution in [0.2, 0.25) is 0 Å². The Hall–Kier alpha value is -2.16. The Balaban J connectivity index is 1.82. The van der Waals surface area contributed by atoms with Crippen molar-refractivity contribution < 1.29 is 9.47 Å². The van der Waals surface area contributed by atoms with Crippen LogP contribution in [0.1, 0.15) is 25.3 Å². The predicted molar refractivity (Wildman–Crippen MR) is 82.4 cm³/mol. The smallest absolute Gasteiger partial charge is 0.142 e. The normalized spacial score (nSPS) is 10.6. The zero-order chi connectivity index (χ0) is 14.4. The average Bonchev–Trinajstić information content (AvgIpc) is 2.46. The van der Waals surface area contributed by atoms with Crippen LogP contribution in [0, 0.1) is 0 Å². The van der Waals surface area contributed by atoms with E-state index in [0.29, 0.717) is 30.6 Å². The van der Waals surface area contributed by atoms with Gasteiger partial charge in [0, 0.05) is 0 Å². The van der Waals surface area contributed by atoms with Gasteiger partial charge in [0.15, 0.2) is 0 Å². The highest BCUT2D eigenvalue weighted by atomic mass is 16.5. The molecule has 0 saturated carbocycles. The molecule has 2 rings (SSSR count). The lowest BCUT2D eigenvalue weighted by molar-refractivity contribution is 0.218. The van der Waals surface area contributed by atoms with Crippen LogP contribution in [-0.4, -0.2) is 13.2 Å². The SMILES string of the molecule is CC(C)c1ccc(OCCOc2ccccc2)c(N)c1. The summed E-state index contributed by atoms with van der Waals surface area (Å²) in [6.45, 7) is 5.25. The van der Waals surface area contributed by atoms with Crippen LogP contribution in [0.15, 0.2) is 48.5 Å². The first-order valence-electron chi connectivity index (χ1n) is 6.87. The first kappa shape index (κ1) is 14.3. The summed E-state index contributed by atoms with van der Waals surface area (Å²) < 4.78 is 11.2. The molecule has 3 heteroatoms. The third-order valence-electron chi connectivity index (χ3n) is 3.05. The summed E-state index contributed by atoms with van der Waals surface area (Å²) in [5.41, 5.74) is 7.88. The molecule has 106 valence electrons. The summed E-state index contributed by atoms with van der Waals surface area (Å²) in [6, 6.07) is 15.6. The molecule has 20 heavy (non-hydrogen) atoms. The maximum atomic E-state index is 5.99. The van der Waals surface area contributed by atoms with Crippen LogP contribution in [-0.2, 0) is 0 Å². The molecule has 0 aromatic heterocycles. The fraction of sp³-hybridized carbons (Fsp3) is 0.294. The maximum Gasteiger partial charge on any atom is 0.142 e. The monoisotopic (exact) mass is 271 g/mol. The topological polar surface area (TPSA) is 44.5 Å². The lowest BCUT2D eigenvalue weighted by Crippen LogP contribution is -2.10. The van der Waals surface area contributed by atoms with Gasteiger partial charge >= 0.3 is 0 Å². The second-order valence-corrected chi connectivity index (χ2v) is 4.96. The van der Waals surface area contributed by atoms with E-state index in [0.717, 1.165) is 5.75 Å². The Morgan fingerprint density at radius 2 is 1.65 bits per heavy atom. The molecule has 2 N–H and O–H groups in total. The Labute approximate surface area is 120 Å². The average molecular weight is 271 g/mol. The Morgan fingerprint density at radius 1 is 0.950 bits per heavy atom. The van der Waals surface area contributed by atoms with Crippen molar-refractivity contribution in [3.05, 3.63) is 54.1 Å². The maximum absolute atomic E-state index is 5.99. The molecule has 0 spiro atoms. The van der Waals surface area contributed by atoms with Gasteiger partial charge in [-0.1, -0.05) is 38.1 Å². The van der Waals surface area contributed by atoms with Gasteiger partial charge in [-0.25, -0.2) is 0 Å². The van der Waals surface area contributed by atoms with Crippen molar-refractivity contribution in [2.45, 2.75) is 19.8 Å². The highest BCUT2D eigenvalue weighted by Gasteiger charge is 2.04. The van der Waals surface area contributed by atoms with Crippen LogP contribution in [0.5, 0.6) is 11.5 Å². The van der Waals surface area contributed by atoms with E-state index in [1.54, 1.807) is 0 Å². The van der Waals surface area contributed by atoms with Crippen LogP contribution < -0.4 is 15.2 Å². The fourth-order valence-electron chi connectivity index (χ4n) is 1.89. The summed E-state index contributed by atoms with van der Waals surface area (Å²) in [5.74, 6) is 2.03. The van der Waals surface area contributed by atoms with Gasteiger partial charge < -0.3 is 15.2 Å². The number of hydrogen-bond acceptors (Lipinski definition) is 3. The number of benzene rings is 2. The number of rotatable bonds is 6. The largest absolute Gasteiger partial charge is 0.490 e. The molecule has 0 saturated heterocycles. The molecule has 0 aliphatic heterocycles. The summed E-state index contributed by atoms with van der Waals surface area (Å²) >= 11 is 0. The minimum atomic E-state index is 0.466. The first-order valence-corrected chi connectivity index (χ1v) is 6.87. The number of para-hydroxylation sites is 1. The van der Waals surface area contributed by atoms with Crippen molar-refractivity contribution in [3.63, 3.8) is 0 Å². The molecule has 0 atom stereocenters. The lowest BCUT2D eigenvalue weighted by atomic mass is 10.0. The first-order chi connectivity index (χ1) is 9.66. The van der Waals surface area contributed by atoms with E-state index in [1.807, 2.05) is 42.5 Å². The van der Waals surface area contributed by atoms with E-state index in [1.165, 1.54) is 5.56 Å². The van der Waals surface area contributed by atoms with Crippen molar-refractivity contribution >= 4 is 5.69 Å². The van der Waals surface area contributed by atoms with Crippen LogP contribution in [0.3, 0.4) is 0 Å². The van der Waals surface area contributed by atoms with Crippen molar-refractivity contribution in [1.29, 1.82) is 0 Å². The zero-order valence-electron chi connectivity index (χ0n) is 12.0. The van der Waals surface area contributed by atoms with E-state index in [-0.39, 0.29) is 0 Å². The van der Waals surface area contributed by atoms with E-state index in [2.05, 4.69) is 19.9 Å². The summed E-state index contributed by atoms with van der Waals surface area (Å²) in [4.78, 5) is 0. The van der Waals surface area contributed by atoms with Crippen LogP contribution >= 0.6 is 0 Å². The molecule has 0 amide bonds. The lowest BCUT2D eigenvalue weighted by Gasteiger charge is -2.12. The molecule has 0 radical (unpaired) electrons. The molecular weight excluding hydrogens is 250 g/mol. The highest BCUT2D eigenvalue weighted by molar-refractivity contribution is 5.54. The number of ether oxygens (including phenoxy) is 2.